The van der Waals surface area contributed by atoms with Gasteiger partial charge in [-0.05, 0) is 24.6 Å². The number of benzene rings is 2. The Kier molecular flexibility index (Phi) is 4.73. The zero-order valence-corrected chi connectivity index (χ0v) is 12.2. The quantitative estimate of drug-likeness (QED) is 0.367. The summed E-state index contributed by atoms with van der Waals surface area (Å²) in [6.45, 7) is 1.95. The summed E-state index contributed by atoms with van der Waals surface area (Å²) in [5.74, 6) is -0.329. The number of nitrogens with zero attached hydrogens (tertiary/aromatic N) is 1. The lowest BCUT2D eigenvalue weighted by Gasteiger charge is -2.07. The Balaban J connectivity index is 2.14. The molecule has 0 radical (unpaired) electrons. The summed E-state index contributed by atoms with van der Waals surface area (Å²) >= 11 is 0. The molecule has 2 rings (SSSR count). The molecule has 0 heterocycles. The Morgan fingerprint density at radius 1 is 1.18 bits per heavy atom. The highest BCUT2D eigenvalue weighted by Crippen LogP contribution is 2.31. The largest absolute Gasteiger partial charge is 0.496 e. The second-order valence-corrected chi connectivity index (χ2v) is 4.73. The first-order valence-corrected chi connectivity index (χ1v) is 6.58. The van der Waals surface area contributed by atoms with Gasteiger partial charge in [-0.15, -0.1) is 0 Å². The third kappa shape index (κ3) is 3.82. The van der Waals surface area contributed by atoms with Gasteiger partial charge in [-0.2, -0.15) is 0 Å². The summed E-state index contributed by atoms with van der Waals surface area (Å²) in [6, 6.07) is 11.5. The lowest BCUT2D eigenvalue weighted by atomic mass is 10.1. The van der Waals surface area contributed by atoms with Crippen LogP contribution in [-0.2, 0) is 11.2 Å². The van der Waals surface area contributed by atoms with Crippen LogP contribution in [-0.4, -0.2) is 18.0 Å². The number of rotatable bonds is 5. The van der Waals surface area contributed by atoms with Crippen molar-refractivity contribution in [1.82, 2.24) is 0 Å². The molecule has 2 aromatic carbocycles. The van der Waals surface area contributed by atoms with Crippen LogP contribution in [0.15, 0.2) is 42.5 Å². The van der Waals surface area contributed by atoms with Crippen molar-refractivity contribution in [1.29, 1.82) is 0 Å². The molecule has 0 fully saturated rings. The lowest BCUT2D eigenvalue weighted by molar-refractivity contribution is -0.385. The molecule has 2 aromatic rings. The Morgan fingerprint density at radius 3 is 2.45 bits per heavy atom. The van der Waals surface area contributed by atoms with Gasteiger partial charge in [0, 0.05) is 0 Å². The predicted molar refractivity (Wildman–Crippen MR) is 80.2 cm³/mol. The van der Waals surface area contributed by atoms with Crippen molar-refractivity contribution in [2.24, 2.45) is 0 Å². The fraction of sp³-hybridized carbons (Fsp3) is 0.188. The van der Waals surface area contributed by atoms with Gasteiger partial charge in [0.2, 0.25) is 5.75 Å². The molecule has 0 saturated carbocycles. The molecule has 6 heteroatoms. The van der Waals surface area contributed by atoms with E-state index < -0.39 is 10.9 Å². The van der Waals surface area contributed by atoms with Crippen molar-refractivity contribution < 1.29 is 19.2 Å². The fourth-order valence-electron chi connectivity index (χ4n) is 1.88. The third-order valence-corrected chi connectivity index (χ3v) is 3.06. The van der Waals surface area contributed by atoms with E-state index in [-0.39, 0.29) is 17.9 Å². The number of esters is 1. The Morgan fingerprint density at radius 2 is 1.86 bits per heavy atom. The minimum Gasteiger partial charge on any atom is -0.496 e. The molecule has 0 bridgehead atoms. The van der Waals surface area contributed by atoms with Gasteiger partial charge < -0.3 is 9.47 Å². The normalized spacial score (nSPS) is 10.1. The van der Waals surface area contributed by atoms with Crippen LogP contribution in [0.25, 0.3) is 0 Å². The Bertz CT molecular complexity index is 694. The molecule has 0 aliphatic rings. The van der Waals surface area contributed by atoms with Crippen molar-refractivity contribution in [3.8, 4) is 11.5 Å². The highest BCUT2D eigenvalue weighted by atomic mass is 16.6. The zero-order valence-electron chi connectivity index (χ0n) is 12.2. The highest BCUT2D eigenvalue weighted by molar-refractivity contribution is 5.76. The standard InChI is InChI=1S/C16H15NO5/c1-11-3-5-12(6-4-11)9-16(18)22-15-8-7-13(21-2)10-14(15)17(19)20/h3-8,10H,9H2,1-2H3. The van der Waals surface area contributed by atoms with Gasteiger partial charge in [-0.25, -0.2) is 0 Å². The topological polar surface area (TPSA) is 78.7 Å². The molecule has 114 valence electrons. The first-order chi connectivity index (χ1) is 10.5. The average molecular weight is 301 g/mol. The SMILES string of the molecule is COc1ccc(OC(=O)Cc2ccc(C)cc2)c([N+](=O)[O-])c1. The molecule has 0 N–H and O–H groups in total. The Hall–Kier alpha value is -2.89. The molecule has 0 saturated heterocycles. The molecular weight excluding hydrogens is 286 g/mol. The van der Waals surface area contributed by atoms with Gasteiger partial charge in [0.05, 0.1) is 24.5 Å². The number of hydrogen-bond donors (Lipinski definition) is 0. The minimum atomic E-state index is -0.614. The maximum atomic E-state index is 11.9. The van der Waals surface area contributed by atoms with Crippen molar-refractivity contribution in [2.75, 3.05) is 7.11 Å². The van der Waals surface area contributed by atoms with Gasteiger partial charge in [-0.1, -0.05) is 29.8 Å². The maximum absolute atomic E-state index is 11.9. The minimum absolute atomic E-state index is 0.0451. The Labute approximate surface area is 127 Å². The summed E-state index contributed by atoms with van der Waals surface area (Å²) in [5.41, 5.74) is 1.56. The van der Waals surface area contributed by atoms with Crippen molar-refractivity contribution in [3.63, 3.8) is 0 Å². The number of nitro benzene ring substituents is 1. The number of aryl methyl sites for hydroxylation is 1. The van der Waals surface area contributed by atoms with E-state index in [0.29, 0.717) is 5.75 Å². The fourth-order valence-corrected chi connectivity index (χ4v) is 1.88. The van der Waals surface area contributed by atoms with Gasteiger partial charge in [0.25, 0.3) is 0 Å². The van der Waals surface area contributed by atoms with Crippen LogP contribution in [0.4, 0.5) is 5.69 Å². The van der Waals surface area contributed by atoms with Crippen molar-refractivity contribution >= 4 is 11.7 Å². The molecule has 0 aliphatic carbocycles. The van der Waals surface area contributed by atoms with Gasteiger partial charge in [0.1, 0.15) is 5.75 Å². The summed E-state index contributed by atoms with van der Waals surface area (Å²) in [6.07, 6.45) is 0.0451. The van der Waals surface area contributed by atoms with Crippen LogP contribution in [0.1, 0.15) is 11.1 Å². The first-order valence-electron chi connectivity index (χ1n) is 6.58. The molecule has 6 nitrogen and oxygen atoms in total. The van der Waals surface area contributed by atoms with Crippen LogP contribution in [0.3, 0.4) is 0 Å². The lowest BCUT2D eigenvalue weighted by Crippen LogP contribution is -2.12. The first kappa shape index (κ1) is 15.5. The number of carbonyl (C=O) groups excluding carboxylic acids is 1. The van der Waals surface area contributed by atoms with E-state index >= 15 is 0 Å². The molecule has 0 aromatic heterocycles. The van der Waals surface area contributed by atoms with Gasteiger partial charge in [-0.3, -0.25) is 14.9 Å². The van der Waals surface area contributed by atoms with Gasteiger partial charge >= 0.3 is 11.7 Å². The van der Waals surface area contributed by atoms with E-state index in [9.17, 15) is 14.9 Å². The summed E-state index contributed by atoms with van der Waals surface area (Å²) in [5, 5.41) is 11.0. The molecular formula is C16H15NO5. The van der Waals surface area contributed by atoms with Crippen molar-refractivity contribution in [3.05, 3.63) is 63.7 Å². The van der Waals surface area contributed by atoms with Crippen LogP contribution in [0.2, 0.25) is 0 Å². The molecule has 0 spiro atoms. The smallest absolute Gasteiger partial charge is 0.315 e. The second kappa shape index (κ2) is 6.71. The van der Waals surface area contributed by atoms with E-state index in [1.165, 1.54) is 25.3 Å². The number of methoxy groups -OCH3 is 1. The van der Waals surface area contributed by atoms with Crippen LogP contribution in [0.5, 0.6) is 11.5 Å². The van der Waals surface area contributed by atoms with Crippen LogP contribution >= 0.6 is 0 Å². The molecule has 0 amide bonds. The second-order valence-electron chi connectivity index (χ2n) is 4.73. The summed E-state index contributed by atoms with van der Waals surface area (Å²) < 4.78 is 10.0. The summed E-state index contributed by atoms with van der Waals surface area (Å²) in [7, 11) is 1.40. The molecule has 0 unspecified atom stereocenters. The highest BCUT2D eigenvalue weighted by Gasteiger charge is 2.19. The average Bonchev–Trinajstić information content (AvgIpc) is 2.49. The van der Waals surface area contributed by atoms with E-state index in [1.54, 1.807) is 0 Å². The van der Waals surface area contributed by atoms with E-state index in [2.05, 4.69) is 0 Å². The number of carbonyl (C=O) groups is 1. The van der Waals surface area contributed by atoms with E-state index in [1.807, 2.05) is 31.2 Å². The van der Waals surface area contributed by atoms with Crippen molar-refractivity contribution in [2.45, 2.75) is 13.3 Å². The molecule has 22 heavy (non-hydrogen) atoms. The van der Waals surface area contributed by atoms with Crippen LogP contribution in [0, 0.1) is 17.0 Å². The third-order valence-electron chi connectivity index (χ3n) is 3.06. The van der Waals surface area contributed by atoms with Crippen LogP contribution < -0.4 is 9.47 Å². The predicted octanol–water partition coefficient (Wildman–Crippen LogP) is 3.06. The van der Waals surface area contributed by atoms with E-state index in [0.717, 1.165) is 11.1 Å². The number of nitro groups is 1. The van der Waals surface area contributed by atoms with E-state index in [4.69, 9.17) is 9.47 Å². The number of ether oxygens (including phenoxy) is 2. The van der Waals surface area contributed by atoms with Gasteiger partial charge in [0.15, 0.2) is 0 Å². The molecule has 0 atom stereocenters. The maximum Gasteiger partial charge on any atom is 0.315 e. The summed E-state index contributed by atoms with van der Waals surface area (Å²) in [4.78, 5) is 22.3. The number of hydrogen-bond acceptors (Lipinski definition) is 5. The zero-order chi connectivity index (χ0) is 16.1. The molecule has 0 aliphatic heterocycles. The monoisotopic (exact) mass is 301 g/mol.